The number of hydrogen-bond acceptors (Lipinski definition) is 4. The maximum Gasteiger partial charge on any atom is 0.387 e. The summed E-state index contributed by atoms with van der Waals surface area (Å²) in [5, 5.41) is 20.1. The lowest BCUT2D eigenvalue weighted by molar-refractivity contribution is -0.540. The number of nitro groups is 1. The van der Waals surface area contributed by atoms with E-state index in [1.165, 1.54) is 13.2 Å². The number of carboxylic acids is 1. The van der Waals surface area contributed by atoms with E-state index >= 15 is 0 Å². The van der Waals surface area contributed by atoms with Gasteiger partial charge in [0.05, 0.1) is 13.5 Å². The monoisotopic (exact) mass is 275 g/mol. The topological polar surface area (TPSA) is 89.7 Å². The summed E-state index contributed by atoms with van der Waals surface area (Å²) in [6.07, 6.45) is 3.93. The molecule has 1 aliphatic rings. The van der Waals surface area contributed by atoms with Crippen molar-refractivity contribution in [2.24, 2.45) is 0 Å². The van der Waals surface area contributed by atoms with Gasteiger partial charge in [0.2, 0.25) is 0 Å². The van der Waals surface area contributed by atoms with Gasteiger partial charge in [-0.15, -0.1) is 0 Å². The molecule has 0 bridgehead atoms. The van der Waals surface area contributed by atoms with Gasteiger partial charge in [-0.05, 0) is 11.6 Å². The van der Waals surface area contributed by atoms with Crippen molar-refractivity contribution in [2.45, 2.75) is 12.0 Å². The first-order valence-electron chi connectivity index (χ1n) is 5.92. The van der Waals surface area contributed by atoms with Crippen molar-refractivity contribution in [2.75, 3.05) is 7.11 Å². The van der Waals surface area contributed by atoms with Crippen LogP contribution in [0.1, 0.15) is 12.0 Å². The van der Waals surface area contributed by atoms with Crippen molar-refractivity contribution in [3.63, 3.8) is 0 Å². The third kappa shape index (κ3) is 2.16. The summed E-state index contributed by atoms with van der Waals surface area (Å²) in [6.45, 7) is 0. The summed E-state index contributed by atoms with van der Waals surface area (Å²) < 4.78 is 5.22. The van der Waals surface area contributed by atoms with Gasteiger partial charge >= 0.3 is 11.5 Å². The minimum atomic E-state index is -2.08. The molecule has 6 nitrogen and oxygen atoms in total. The molecule has 0 aromatic heterocycles. The highest BCUT2D eigenvalue weighted by molar-refractivity contribution is 5.86. The molecular formula is C14H13NO5. The molecule has 20 heavy (non-hydrogen) atoms. The maximum absolute atomic E-state index is 11.1. The van der Waals surface area contributed by atoms with Crippen LogP contribution < -0.4 is 4.74 Å². The normalized spacial score (nSPS) is 21.1. The Bertz CT molecular complexity index is 604. The van der Waals surface area contributed by atoms with E-state index in [1.54, 1.807) is 12.1 Å². The first kappa shape index (κ1) is 13.8. The van der Waals surface area contributed by atoms with E-state index in [0.717, 1.165) is 11.6 Å². The van der Waals surface area contributed by atoms with Crippen molar-refractivity contribution < 1.29 is 19.6 Å². The van der Waals surface area contributed by atoms with Crippen LogP contribution in [0.15, 0.2) is 42.5 Å². The highest BCUT2D eigenvalue weighted by Gasteiger charge is 2.49. The van der Waals surface area contributed by atoms with Crippen molar-refractivity contribution in [1.82, 2.24) is 0 Å². The van der Waals surface area contributed by atoms with Gasteiger partial charge < -0.3 is 9.84 Å². The van der Waals surface area contributed by atoms with Gasteiger partial charge in [-0.25, -0.2) is 4.79 Å². The minimum Gasteiger partial charge on any atom is -0.496 e. The highest BCUT2D eigenvalue weighted by atomic mass is 16.6. The maximum atomic E-state index is 11.1. The predicted octanol–water partition coefficient (Wildman–Crippen LogP) is 2.14. The first-order chi connectivity index (χ1) is 9.51. The molecule has 0 saturated heterocycles. The first-order valence-corrected chi connectivity index (χ1v) is 5.92. The van der Waals surface area contributed by atoms with Gasteiger partial charge in [-0.1, -0.05) is 30.4 Å². The molecule has 1 N–H and O–H groups in total. The predicted molar refractivity (Wildman–Crippen MR) is 72.1 cm³/mol. The molecule has 1 unspecified atom stereocenters. The van der Waals surface area contributed by atoms with Crippen LogP contribution in [0.2, 0.25) is 0 Å². The van der Waals surface area contributed by atoms with Crippen LogP contribution >= 0.6 is 0 Å². The average Bonchev–Trinajstić information content (AvgIpc) is 2.46. The zero-order valence-corrected chi connectivity index (χ0v) is 10.8. The zero-order valence-electron chi connectivity index (χ0n) is 10.8. The van der Waals surface area contributed by atoms with Crippen LogP contribution in [0.4, 0.5) is 0 Å². The zero-order chi connectivity index (χ0) is 14.8. The fourth-order valence-electron chi connectivity index (χ4n) is 2.08. The summed E-state index contributed by atoms with van der Waals surface area (Å²) in [5.74, 6) is -0.832. The van der Waals surface area contributed by atoms with E-state index < -0.39 is 16.4 Å². The Balaban J connectivity index is 2.37. The van der Waals surface area contributed by atoms with E-state index in [2.05, 4.69) is 0 Å². The lowest BCUT2D eigenvalue weighted by Crippen LogP contribution is -2.45. The van der Waals surface area contributed by atoms with Crippen LogP contribution in [-0.4, -0.2) is 28.6 Å². The van der Waals surface area contributed by atoms with Crippen molar-refractivity contribution in [3.05, 3.63) is 58.2 Å². The Kier molecular flexibility index (Phi) is 3.56. The number of methoxy groups -OCH3 is 1. The molecule has 6 heteroatoms. The van der Waals surface area contributed by atoms with E-state index in [4.69, 9.17) is 9.84 Å². The lowest BCUT2D eigenvalue weighted by Gasteiger charge is -2.20. The Hall–Kier alpha value is -2.63. The fourth-order valence-corrected chi connectivity index (χ4v) is 2.08. The van der Waals surface area contributed by atoms with Crippen molar-refractivity contribution >= 4 is 11.5 Å². The largest absolute Gasteiger partial charge is 0.496 e. The van der Waals surface area contributed by atoms with Gasteiger partial charge in [0.1, 0.15) is 5.75 Å². The molecule has 1 aromatic rings. The molecule has 0 aliphatic heterocycles. The molecule has 1 aliphatic carbocycles. The number of ether oxygens (including phenoxy) is 1. The number of benzene rings is 1. The second kappa shape index (κ2) is 5.16. The summed E-state index contributed by atoms with van der Waals surface area (Å²) in [7, 11) is 1.53. The van der Waals surface area contributed by atoms with Gasteiger partial charge in [-0.2, -0.15) is 0 Å². The second-order valence-electron chi connectivity index (χ2n) is 4.38. The third-order valence-corrected chi connectivity index (χ3v) is 3.29. The highest BCUT2D eigenvalue weighted by Crippen LogP contribution is 2.33. The smallest absolute Gasteiger partial charge is 0.387 e. The summed E-state index contributed by atoms with van der Waals surface area (Å²) in [4.78, 5) is 21.4. The number of rotatable bonds is 4. The number of nitrogens with zero attached hydrogens (tertiary/aromatic N) is 1. The molecule has 1 atom stereocenters. The molecule has 0 spiro atoms. The average molecular weight is 275 g/mol. The number of para-hydroxylation sites is 1. The van der Waals surface area contributed by atoms with Crippen LogP contribution in [0.3, 0.4) is 0 Å². The Morgan fingerprint density at radius 2 is 2.15 bits per heavy atom. The van der Waals surface area contributed by atoms with Crippen molar-refractivity contribution in [1.29, 1.82) is 0 Å². The van der Waals surface area contributed by atoms with E-state index in [-0.39, 0.29) is 6.42 Å². The van der Waals surface area contributed by atoms with Gasteiger partial charge in [0, 0.05) is 16.6 Å². The lowest BCUT2D eigenvalue weighted by atomic mass is 9.87. The van der Waals surface area contributed by atoms with Gasteiger partial charge in [0.25, 0.3) is 0 Å². The SMILES string of the molecule is COc1ccccc1C1=CCC(C(=O)O)([N+](=O)[O-])C=C1. The Labute approximate surface area is 115 Å². The third-order valence-electron chi connectivity index (χ3n) is 3.29. The standard InChI is InChI=1S/C14H13NO5/c1-20-12-5-3-2-4-11(12)10-6-8-14(9-7-10,13(16)17)15(18)19/h2-8H,9H2,1H3,(H,16,17). The van der Waals surface area contributed by atoms with E-state index in [1.807, 2.05) is 18.2 Å². The molecule has 0 saturated carbocycles. The molecule has 2 rings (SSSR count). The van der Waals surface area contributed by atoms with Crippen LogP contribution in [0.25, 0.3) is 5.57 Å². The number of allylic oxidation sites excluding steroid dienone is 2. The summed E-state index contributed by atoms with van der Waals surface area (Å²) >= 11 is 0. The number of hydrogen-bond donors (Lipinski definition) is 1. The van der Waals surface area contributed by atoms with Gasteiger partial charge in [0.15, 0.2) is 0 Å². The van der Waals surface area contributed by atoms with E-state index in [0.29, 0.717) is 11.3 Å². The molecule has 0 amide bonds. The number of aliphatic carboxylic acids is 1. The summed E-state index contributed by atoms with van der Waals surface area (Å²) in [6, 6.07) is 7.22. The van der Waals surface area contributed by atoms with Crippen LogP contribution in [0, 0.1) is 10.1 Å². The molecule has 1 aromatic carbocycles. The Morgan fingerprint density at radius 3 is 2.65 bits per heavy atom. The van der Waals surface area contributed by atoms with E-state index in [9.17, 15) is 14.9 Å². The van der Waals surface area contributed by atoms with Crippen LogP contribution in [0.5, 0.6) is 5.75 Å². The van der Waals surface area contributed by atoms with Crippen molar-refractivity contribution in [3.8, 4) is 5.75 Å². The molecule has 0 heterocycles. The number of carbonyl (C=O) groups is 1. The fraction of sp³-hybridized carbons (Fsp3) is 0.214. The Morgan fingerprint density at radius 1 is 1.45 bits per heavy atom. The quantitative estimate of drug-likeness (QED) is 0.671. The molecule has 0 fully saturated rings. The van der Waals surface area contributed by atoms with Gasteiger partial charge in [-0.3, -0.25) is 10.1 Å². The second-order valence-corrected chi connectivity index (χ2v) is 4.38. The van der Waals surface area contributed by atoms with Crippen LogP contribution in [-0.2, 0) is 4.79 Å². The minimum absolute atomic E-state index is 0.195. The molecule has 104 valence electrons. The number of carboxylic acid groups (broad SMARTS) is 1. The molecule has 0 radical (unpaired) electrons. The molecular weight excluding hydrogens is 262 g/mol. The summed E-state index contributed by atoms with van der Waals surface area (Å²) in [5.41, 5.74) is -0.597.